The largest absolute Gasteiger partial charge is 0.339 e. The Labute approximate surface area is 156 Å². The van der Waals surface area contributed by atoms with Crippen LogP contribution in [0.25, 0.3) is 22.5 Å². The number of halogens is 1. The Bertz CT molecular complexity index is 1010. The van der Waals surface area contributed by atoms with Gasteiger partial charge in [-0.05, 0) is 42.2 Å². The first kappa shape index (κ1) is 17.1. The summed E-state index contributed by atoms with van der Waals surface area (Å²) >= 11 is 0. The van der Waals surface area contributed by atoms with Gasteiger partial charge in [-0.1, -0.05) is 47.6 Å². The van der Waals surface area contributed by atoms with Crippen molar-refractivity contribution in [3.63, 3.8) is 0 Å². The summed E-state index contributed by atoms with van der Waals surface area (Å²) in [7, 11) is 0. The molecule has 2 aromatic heterocycles. The number of aryl methyl sites for hydroxylation is 2. The normalized spacial score (nSPS) is 10.9. The molecule has 0 spiro atoms. The van der Waals surface area contributed by atoms with E-state index >= 15 is 0 Å². The van der Waals surface area contributed by atoms with E-state index in [0.717, 1.165) is 24.0 Å². The number of nitrogens with zero attached hydrogens (tertiary/aromatic N) is 3. The van der Waals surface area contributed by atoms with Crippen LogP contribution in [0, 0.1) is 5.82 Å². The summed E-state index contributed by atoms with van der Waals surface area (Å²) in [6.45, 7) is 0. The van der Waals surface area contributed by atoms with Crippen molar-refractivity contribution in [3.8, 4) is 22.5 Å². The van der Waals surface area contributed by atoms with Crippen LogP contribution in [-0.2, 0) is 12.8 Å². The van der Waals surface area contributed by atoms with Crippen LogP contribution < -0.4 is 0 Å². The molecule has 0 aliphatic heterocycles. The summed E-state index contributed by atoms with van der Waals surface area (Å²) in [6.07, 6.45) is 5.92. The highest BCUT2D eigenvalue weighted by Crippen LogP contribution is 2.23. The fourth-order valence-corrected chi connectivity index (χ4v) is 2.96. The second kappa shape index (κ2) is 7.91. The summed E-state index contributed by atoms with van der Waals surface area (Å²) in [5.74, 6) is 0.982. The Kier molecular flexibility index (Phi) is 5.01. The number of hydrogen-bond donors (Lipinski definition) is 0. The van der Waals surface area contributed by atoms with Crippen LogP contribution >= 0.6 is 0 Å². The monoisotopic (exact) mass is 359 g/mol. The van der Waals surface area contributed by atoms with E-state index in [2.05, 4.69) is 15.1 Å². The van der Waals surface area contributed by atoms with Gasteiger partial charge < -0.3 is 4.52 Å². The second-order valence-corrected chi connectivity index (χ2v) is 6.28. The molecule has 4 rings (SSSR count). The van der Waals surface area contributed by atoms with E-state index < -0.39 is 0 Å². The predicted molar refractivity (Wildman–Crippen MR) is 101 cm³/mol. The molecule has 0 saturated carbocycles. The van der Waals surface area contributed by atoms with Gasteiger partial charge in [-0.25, -0.2) is 4.39 Å². The van der Waals surface area contributed by atoms with Crippen LogP contribution in [0.3, 0.4) is 0 Å². The summed E-state index contributed by atoms with van der Waals surface area (Å²) < 4.78 is 19.2. The Morgan fingerprint density at radius 1 is 0.852 bits per heavy atom. The maximum Gasteiger partial charge on any atom is 0.226 e. The van der Waals surface area contributed by atoms with Crippen molar-refractivity contribution in [1.29, 1.82) is 0 Å². The first-order valence-corrected chi connectivity index (χ1v) is 8.86. The Morgan fingerprint density at radius 3 is 2.48 bits per heavy atom. The second-order valence-electron chi connectivity index (χ2n) is 6.28. The molecule has 0 saturated heterocycles. The van der Waals surface area contributed by atoms with E-state index in [1.54, 1.807) is 24.5 Å². The minimum absolute atomic E-state index is 0.203. The number of rotatable bonds is 6. The maximum absolute atomic E-state index is 13.9. The highest BCUT2D eigenvalue weighted by atomic mass is 19.1. The Hall–Kier alpha value is -3.34. The van der Waals surface area contributed by atoms with Gasteiger partial charge in [0.1, 0.15) is 5.82 Å². The Balaban J connectivity index is 1.35. The molecule has 2 heterocycles. The third-order valence-electron chi connectivity index (χ3n) is 4.38. The summed E-state index contributed by atoms with van der Waals surface area (Å²) in [4.78, 5) is 8.48. The molecule has 0 aliphatic rings. The van der Waals surface area contributed by atoms with E-state index in [9.17, 15) is 4.39 Å². The van der Waals surface area contributed by atoms with Gasteiger partial charge in [-0.3, -0.25) is 4.98 Å². The molecular formula is C22H18FN3O. The van der Waals surface area contributed by atoms with Crippen molar-refractivity contribution in [2.24, 2.45) is 0 Å². The van der Waals surface area contributed by atoms with Gasteiger partial charge in [0, 0.05) is 29.9 Å². The van der Waals surface area contributed by atoms with Crippen LogP contribution in [0.4, 0.5) is 4.39 Å². The SMILES string of the molecule is Fc1ccccc1-c1ccc(CCCc2nc(-c3cccnc3)no2)cc1. The quantitative estimate of drug-likeness (QED) is 0.480. The third kappa shape index (κ3) is 4.08. The molecule has 0 amide bonds. The van der Waals surface area contributed by atoms with Crippen molar-refractivity contribution in [3.05, 3.63) is 90.3 Å². The molecule has 0 atom stereocenters. The fourth-order valence-electron chi connectivity index (χ4n) is 2.96. The number of aromatic nitrogens is 3. The summed E-state index contributed by atoms with van der Waals surface area (Å²) in [5.41, 5.74) is 3.55. The summed E-state index contributed by atoms with van der Waals surface area (Å²) in [5, 5.41) is 4.00. The van der Waals surface area contributed by atoms with Crippen molar-refractivity contribution < 1.29 is 8.91 Å². The molecule has 0 N–H and O–H groups in total. The van der Waals surface area contributed by atoms with Crippen LogP contribution in [0.1, 0.15) is 17.9 Å². The zero-order valence-corrected chi connectivity index (χ0v) is 14.7. The fraction of sp³-hybridized carbons (Fsp3) is 0.136. The smallest absolute Gasteiger partial charge is 0.226 e. The zero-order valence-electron chi connectivity index (χ0n) is 14.7. The third-order valence-corrected chi connectivity index (χ3v) is 4.38. The van der Waals surface area contributed by atoms with E-state index in [0.29, 0.717) is 23.7 Å². The lowest BCUT2D eigenvalue weighted by atomic mass is 10.0. The molecule has 0 fully saturated rings. The van der Waals surface area contributed by atoms with Crippen LogP contribution in [-0.4, -0.2) is 15.1 Å². The first-order chi connectivity index (χ1) is 13.3. The van der Waals surface area contributed by atoms with Crippen LogP contribution in [0.5, 0.6) is 0 Å². The van der Waals surface area contributed by atoms with E-state index in [4.69, 9.17) is 4.52 Å². The number of hydrogen-bond acceptors (Lipinski definition) is 4. The molecule has 4 aromatic rings. The van der Waals surface area contributed by atoms with Gasteiger partial charge in [0.15, 0.2) is 0 Å². The maximum atomic E-state index is 13.9. The molecule has 27 heavy (non-hydrogen) atoms. The van der Waals surface area contributed by atoms with Gasteiger partial charge >= 0.3 is 0 Å². The van der Waals surface area contributed by atoms with Crippen LogP contribution in [0.2, 0.25) is 0 Å². The molecule has 0 radical (unpaired) electrons. The van der Waals surface area contributed by atoms with E-state index in [-0.39, 0.29) is 5.82 Å². The van der Waals surface area contributed by atoms with Crippen LogP contribution in [0.15, 0.2) is 77.6 Å². The van der Waals surface area contributed by atoms with E-state index in [1.807, 2.05) is 42.5 Å². The standard InChI is InChI=1S/C22H18FN3O/c23-20-8-2-1-7-19(20)17-12-10-16(11-13-17)5-3-9-21-25-22(26-27-21)18-6-4-14-24-15-18/h1-2,4,6-8,10-15H,3,5,9H2. The first-order valence-electron chi connectivity index (χ1n) is 8.86. The molecule has 4 nitrogen and oxygen atoms in total. The average Bonchev–Trinajstić information content (AvgIpc) is 3.19. The minimum Gasteiger partial charge on any atom is -0.339 e. The highest BCUT2D eigenvalue weighted by molar-refractivity contribution is 5.64. The number of benzene rings is 2. The average molecular weight is 359 g/mol. The van der Waals surface area contributed by atoms with Gasteiger partial charge in [0.25, 0.3) is 0 Å². The zero-order chi connectivity index (χ0) is 18.5. The lowest BCUT2D eigenvalue weighted by Crippen LogP contribution is -1.91. The van der Waals surface area contributed by atoms with Gasteiger partial charge in [0.2, 0.25) is 11.7 Å². The van der Waals surface area contributed by atoms with E-state index in [1.165, 1.54) is 11.6 Å². The minimum atomic E-state index is -0.203. The summed E-state index contributed by atoms with van der Waals surface area (Å²) in [6, 6.07) is 18.6. The molecule has 0 aliphatic carbocycles. The molecule has 0 unspecified atom stereocenters. The predicted octanol–water partition coefficient (Wildman–Crippen LogP) is 5.11. The number of pyridine rings is 1. The molecule has 2 aromatic carbocycles. The lowest BCUT2D eigenvalue weighted by Gasteiger charge is -2.05. The molecule has 0 bridgehead atoms. The van der Waals surface area contributed by atoms with Crippen molar-refractivity contribution in [1.82, 2.24) is 15.1 Å². The Morgan fingerprint density at radius 2 is 1.70 bits per heavy atom. The van der Waals surface area contributed by atoms with Crippen molar-refractivity contribution in [2.75, 3.05) is 0 Å². The molecule has 5 heteroatoms. The highest BCUT2D eigenvalue weighted by Gasteiger charge is 2.09. The van der Waals surface area contributed by atoms with Crippen molar-refractivity contribution >= 4 is 0 Å². The topological polar surface area (TPSA) is 51.8 Å². The molecular weight excluding hydrogens is 341 g/mol. The van der Waals surface area contributed by atoms with Gasteiger partial charge in [-0.2, -0.15) is 4.98 Å². The molecule has 134 valence electrons. The lowest BCUT2D eigenvalue weighted by molar-refractivity contribution is 0.376. The van der Waals surface area contributed by atoms with Gasteiger partial charge in [0.05, 0.1) is 0 Å². The van der Waals surface area contributed by atoms with Gasteiger partial charge in [-0.15, -0.1) is 0 Å². The van der Waals surface area contributed by atoms with Crippen molar-refractivity contribution in [2.45, 2.75) is 19.3 Å².